The molecule has 1 saturated heterocycles. The molecule has 1 aromatic carbocycles. The SMILES string of the molecule is NCC1CCOC(c2ccccc2)O1. The number of hydrogen-bond donors (Lipinski definition) is 1. The van der Waals surface area contributed by atoms with Crippen molar-refractivity contribution in [2.24, 2.45) is 5.73 Å². The molecule has 0 bridgehead atoms. The largest absolute Gasteiger partial charge is 0.348 e. The van der Waals surface area contributed by atoms with Crippen LogP contribution >= 0.6 is 0 Å². The molecule has 3 nitrogen and oxygen atoms in total. The maximum Gasteiger partial charge on any atom is 0.184 e. The second-order valence-corrected chi connectivity index (χ2v) is 3.40. The summed E-state index contributed by atoms with van der Waals surface area (Å²) in [5.74, 6) is 0. The number of hydrogen-bond acceptors (Lipinski definition) is 3. The molecule has 1 fully saturated rings. The molecule has 2 atom stereocenters. The first kappa shape index (κ1) is 9.65. The molecule has 0 amide bonds. The fourth-order valence-corrected chi connectivity index (χ4v) is 1.55. The molecular weight excluding hydrogens is 178 g/mol. The van der Waals surface area contributed by atoms with Gasteiger partial charge in [0.1, 0.15) is 0 Å². The third-order valence-electron chi connectivity index (χ3n) is 2.36. The Morgan fingerprint density at radius 3 is 2.79 bits per heavy atom. The molecule has 0 aliphatic carbocycles. The van der Waals surface area contributed by atoms with Crippen molar-refractivity contribution in [1.29, 1.82) is 0 Å². The summed E-state index contributed by atoms with van der Waals surface area (Å²) in [4.78, 5) is 0. The van der Waals surface area contributed by atoms with Crippen molar-refractivity contribution in [3.8, 4) is 0 Å². The van der Waals surface area contributed by atoms with E-state index in [1.54, 1.807) is 0 Å². The van der Waals surface area contributed by atoms with Crippen molar-refractivity contribution >= 4 is 0 Å². The second-order valence-electron chi connectivity index (χ2n) is 3.40. The predicted molar refractivity (Wildman–Crippen MR) is 53.7 cm³/mol. The van der Waals surface area contributed by atoms with E-state index in [9.17, 15) is 0 Å². The maximum atomic E-state index is 5.67. The summed E-state index contributed by atoms with van der Waals surface area (Å²) >= 11 is 0. The molecule has 1 aromatic rings. The van der Waals surface area contributed by atoms with Crippen molar-refractivity contribution in [2.45, 2.75) is 18.8 Å². The summed E-state index contributed by atoms with van der Waals surface area (Å²) in [5, 5.41) is 0. The normalized spacial score (nSPS) is 27.5. The lowest BCUT2D eigenvalue weighted by atomic mass is 10.2. The van der Waals surface area contributed by atoms with Gasteiger partial charge in [0.2, 0.25) is 0 Å². The zero-order valence-electron chi connectivity index (χ0n) is 8.06. The van der Waals surface area contributed by atoms with Crippen molar-refractivity contribution < 1.29 is 9.47 Å². The van der Waals surface area contributed by atoms with E-state index in [4.69, 9.17) is 15.2 Å². The van der Waals surface area contributed by atoms with Crippen LogP contribution in [-0.2, 0) is 9.47 Å². The summed E-state index contributed by atoms with van der Waals surface area (Å²) in [6.07, 6.45) is 0.785. The molecule has 76 valence electrons. The average molecular weight is 193 g/mol. The predicted octanol–water partition coefficient (Wildman–Crippen LogP) is 1.45. The van der Waals surface area contributed by atoms with Gasteiger partial charge in [-0.05, 0) is 6.42 Å². The molecule has 2 N–H and O–H groups in total. The molecule has 1 heterocycles. The summed E-state index contributed by atoms with van der Waals surface area (Å²) in [6, 6.07) is 9.95. The number of rotatable bonds is 2. The minimum atomic E-state index is -0.238. The van der Waals surface area contributed by atoms with Gasteiger partial charge in [0.05, 0.1) is 12.7 Å². The Morgan fingerprint density at radius 2 is 2.07 bits per heavy atom. The van der Waals surface area contributed by atoms with E-state index in [-0.39, 0.29) is 12.4 Å². The number of ether oxygens (including phenoxy) is 2. The van der Waals surface area contributed by atoms with E-state index in [1.165, 1.54) is 0 Å². The van der Waals surface area contributed by atoms with Gasteiger partial charge in [-0.2, -0.15) is 0 Å². The molecule has 14 heavy (non-hydrogen) atoms. The summed E-state index contributed by atoms with van der Waals surface area (Å²) in [5.41, 5.74) is 6.62. The Morgan fingerprint density at radius 1 is 1.29 bits per heavy atom. The molecule has 0 radical (unpaired) electrons. The first-order valence-corrected chi connectivity index (χ1v) is 4.92. The Bertz CT molecular complexity index is 276. The van der Waals surface area contributed by atoms with Crippen LogP contribution in [0.3, 0.4) is 0 Å². The highest BCUT2D eigenvalue weighted by molar-refractivity contribution is 5.16. The van der Waals surface area contributed by atoms with Crippen LogP contribution in [0.15, 0.2) is 30.3 Å². The van der Waals surface area contributed by atoms with Gasteiger partial charge in [-0.1, -0.05) is 30.3 Å². The first-order valence-electron chi connectivity index (χ1n) is 4.92. The lowest BCUT2D eigenvalue weighted by Gasteiger charge is -2.29. The highest BCUT2D eigenvalue weighted by atomic mass is 16.7. The lowest BCUT2D eigenvalue weighted by Crippen LogP contribution is -2.32. The minimum absolute atomic E-state index is 0.133. The highest BCUT2D eigenvalue weighted by Crippen LogP contribution is 2.25. The monoisotopic (exact) mass is 193 g/mol. The molecule has 2 rings (SSSR count). The molecule has 0 aromatic heterocycles. The summed E-state index contributed by atoms with van der Waals surface area (Å²) < 4.78 is 11.2. The first-order chi connectivity index (χ1) is 6.90. The molecular formula is C11H15NO2. The van der Waals surface area contributed by atoms with Gasteiger partial charge in [-0.15, -0.1) is 0 Å². The smallest absolute Gasteiger partial charge is 0.184 e. The van der Waals surface area contributed by atoms with Crippen molar-refractivity contribution in [3.63, 3.8) is 0 Å². The second kappa shape index (κ2) is 4.55. The van der Waals surface area contributed by atoms with Crippen molar-refractivity contribution in [3.05, 3.63) is 35.9 Å². The Balaban J connectivity index is 2.04. The Hall–Kier alpha value is -0.900. The van der Waals surface area contributed by atoms with E-state index in [0.29, 0.717) is 6.54 Å². The highest BCUT2D eigenvalue weighted by Gasteiger charge is 2.22. The van der Waals surface area contributed by atoms with Gasteiger partial charge in [-0.3, -0.25) is 0 Å². The van der Waals surface area contributed by atoms with Gasteiger partial charge < -0.3 is 15.2 Å². The van der Waals surface area contributed by atoms with Gasteiger partial charge >= 0.3 is 0 Å². The Labute approximate surface area is 83.8 Å². The molecule has 0 spiro atoms. The maximum absolute atomic E-state index is 5.67. The topological polar surface area (TPSA) is 44.5 Å². The van der Waals surface area contributed by atoms with E-state index in [1.807, 2.05) is 30.3 Å². The summed E-state index contributed by atoms with van der Waals surface area (Å²) in [7, 11) is 0. The quantitative estimate of drug-likeness (QED) is 0.773. The third-order valence-corrected chi connectivity index (χ3v) is 2.36. The van der Waals surface area contributed by atoms with E-state index in [2.05, 4.69) is 0 Å². The molecule has 1 aliphatic rings. The van der Waals surface area contributed by atoms with Crippen molar-refractivity contribution in [2.75, 3.05) is 13.2 Å². The van der Waals surface area contributed by atoms with Crippen LogP contribution in [0.4, 0.5) is 0 Å². The fraction of sp³-hybridized carbons (Fsp3) is 0.455. The van der Waals surface area contributed by atoms with Crippen molar-refractivity contribution in [1.82, 2.24) is 0 Å². The van der Waals surface area contributed by atoms with Crippen LogP contribution in [0.25, 0.3) is 0 Å². The van der Waals surface area contributed by atoms with Crippen LogP contribution in [0, 0.1) is 0 Å². The van der Waals surface area contributed by atoms with Gasteiger partial charge in [0.15, 0.2) is 6.29 Å². The van der Waals surface area contributed by atoms with Gasteiger partial charge in [-0.25, -0.2) is 0 Å². The van der Waals surface area contributed by atoms with Gasteiger partial charge in [0, 0.05) is 12.1 Å². The zero-order valence-corrected chi connectivity index (χ0v) is 8.06. The number of nitrogens with two attached hydrogens (primary N) is 1. The Kier molecular flexibility index (Phi) is 3.14. The van der Waals surface area contributed by atoms with Crippen LogP contribution in [-0.4, -0.2) is 19.3 Å². The minimum Gasteiger partial charge on any atom is -0.348 e. The number of benzene rings is 1. The van der Waals surface area contributed by atoms with Crippen LogP contribution in [0.2, 0.25) is 0 Å². The molecule has 3 heteroatoms. The fourth-order valence-electron chi connectivity index (χ4n) is 1.55. The average Bonchev–Trinajstić information content (AvgIpc) is 2.30. The lowest BCUT2D eigenvalue weighted by molar-refractivity contribution is -0.214. The van der Waals surface area contributed by atoms with Crippen LogP contribution < -0.4 is 5.73 Å². The van der Waals surface area contributed by atoms with Gasteiger partial charge in [0.25, 0.3) is 0 Å². The van der Waals surface area contributed by atoms with E-state index in [0.717, 1.165) is 18.6 Å². The zero-order chi connectivity index (χ0) is 9.80. The molecule has 0 saturated carbocycles. The van der Waals surface area contributed by atoms with E-state index < -0.39 is 0 Å². The molecule has 1 aliphatic heterocycles. The summed E-state index contributed by atoms with van der Waals surface area (Å²) in [6.45, 7) is 1.29. The molecule has 2 unspecified atom stereocenters. The van der Waals surface area contributed by atoms with E-state index >= 15 is 0 Å². The third kappa shape index (κ3) is 2.12. The standard InChI is InChI=1S/C11H15NO2/c12-8-10-6-7-13-11(14-10)9-4-2-1-3-5-9/h1-5,10-11H,6-8,12H2. The van der Waals surface area contributed by atoms with Crippen LogP contribution in [0.5, 0.6) is 0 Å². The van der Waals surface area contributed by atoms with Crippen LogP contribution in [0.1, 0.15) is 18.3 Å².